The van der Waals surface area contributed by atoms with Gasteiger partial charge in [-0.1, -0.05) is 0 Å². The number of hydrogen-bond acceptors (Lipinski definition) is 0. The molecule has 0 unspecified atom stereocenters. The van der Waals surface area contributed by atoms with Crippen molar-refractivity contribution in [2.45, 2.75) is 0 Å². The van der Waals surface area contributed by atoms with Crippen LogP contribution in [0.4, 0.5) is 13.2 Å². The molecule has 1 rings (SSSR count). The van der Waals surface area contributed by atoms with E-state index in [-0.39, 0.29) is 17.1 Å². The van der Waals surface area contributed by atoms with Crippen molar-refractivity contribution >= 4 is 0 Å². The molecule has 0 aliphatic rings. The second-order valence-electron chi connectivity index (χ2n) is 1.47. The van der Waals surface area contributed by atoms with E-state index in [1.165, 1.54) is 0 Å². The van der Waals surface area contributed by atoms with E-state index in [0.29, 0.717) is 0 Å². The largest absolute Gasteiger partial charge is 2.00 e. The Bertz CT molecular complexity index is 204. The molecule has 0 bridgehead atoms. The van der Waals surface area contributed by atoms with E-state index >= 15 is 0 Å². The normalized spacial score (nSPS) is 8.70. The summed E-state index contributed by atoms with van der Waals surface area (Å²) in [4.78, 5) is 0. The van der Waals surface area contributed by atoms with E-state index < -0.39 is 17.5 Å². The second kappa shape index (κ2) is 3.64. The molecule has 0 radical (unpaired) electrons. The number of rotatable bonds is 0. The summed E-state index contributed by atoms with van der Waals surface area (Å²) < 4.78 is 35.8. The molecule has 0 aliphatic heterocycles. The molecule has 54 valence electrons. The van der Waals surface area contributed by atoms with Crippen LogP contribution in [-0.2, 0) is 17.1 Å². The fourth-order valence-electron chi connectivity index (χ4n) is 0.429. The Morgan fingerprint density at radius 2 is 1.40 bits per heavy atom. The summed E-state index contributed by atoms with van der Waals surface area (Å²) in [7, 11) is 0. The van der Waals surface area contributed by atoms with Crippen molar-refractivity contribution in [3.8, 4) is 0 Å². The van der Waals surface area contributed by atoms with Crippen LogP contribution in [0.15, 0.2) is 12.1 Å². The van der Waals surface area contributed by atoms with Gasteiger partial charge in [0.05, 0.1) is 5.82 Å². The van der Waals surface area contributed by atoms with Gasteiger partial charge >= 0.3 is 17.1 Å². The topological polar surface area (TPSA) is 0 Å². The van der Waals surface area contributed by atoms with Gasteiger partial charge in [-0.3, -0.25) is 8.78 Å². The first-order chi connectivity index (χ1) is 4.22. The molecule has 1 aromatic rings. The Labute approximate surface area is 66.5 Å². The summed E-state index contributed by atoms with van der Waals surface area (Å²) in [5.41, 5.74) is 0. The molecule has 0 amide bonds. The molecule has 0 saturated heterocycles. The van der Waals surface area contributed by atoms with Crippen LogP contribution in [0, 0.1) is 23.5 Å². The maximum Gasteiger partial charge on any atom is 2.00 e. The Kier molecular flexibility index (Phi) is 3.47. The third kappa shape index (κ3) is 1.75. The minimum Gasteiger partial charge on any atom is -0.281 e. The van der Waals surface area contributed by atoms with Crippen molar-refractivity contribution in [3.63, 3.8) is 0 Å². The molecule has 0 N–H and O–H groups in total. The van der Waals surface area contributed by atoms with E-state index in [9.17, 15) is 13.2 Å². The summed E-state index contributed by atoms with van der Waals surface area (Å²) in [6, 6.07) is 3.55. The van der Waals surface area contributed by atoms with Gasteiger partial charge in [-0.2, -0.15) is 6.07 Å². The van der Waals surface area contributed by atoms with Gasteiger partial charge in [0.2, 0.25) is 0 Å². The molecule has 0 atom stereocenters. The molecule has 0 fully saturated rings. The molecular formula is C6H2F3Fe+. The number of halogens is 3. The summed E-state index contributed by atoms with van der Waals surface area (Å²) in [6.45, 7) is 0. The van der Waals surface area contributed by atoms with E-state index in [4.69, 9.17) is 0 Å². The summed E-state index contributed by atoms with van der Waals surface area (Å²) in [6.07, 6.45) is 0. The quantitative estimate of drug-likeness (QED) is 0.330. The molecular weight excluding hydrogens is 185 g/mol. The van der Waals surface area contributed by atoms with Gasteiger partial charge < -0.3 is 0 Å². The predicted octanol–water partition coefficient (Wildman–Crippen LogP) is 1.90. The standard InChI is InChI=1S/C6H2F3.Fe/c7-4-2-1-3-5(8)6(4)9;/h2-3H;/q-1;+2. The fraction of sp³-hybridized carbons (Fsp3) is 0. The minimum atomic E-state index is -1.45. The number of hydrogen-bond donors (Lipinski definition) is 0. The molecule has 4 heteroatoms. The van der Waals surface area contributed by atoms with Crippen LogP contribution in [0.2, 0.25) is 0 Å². The summed E-state index contributed by atoms with van der Waals surface area (Å²) in [5, 5.41) is 0. The van der Waals surface area contributed by atoms with Gasteiger partial charge in [0.15, 0.2) is 0 Å². The van der Waals surface area contributed by atoms with E-state index in [1.54, 1.807) is 0 Å². The SMILES string of the molecule is Fc1c[c-]cc(F)c1F.[Fe+2]. The van der Waals surface area contributed by atoms with Crippen molar-refractivity contribution in [1.82, 2.24) is 0 Å². The number of benzene rings is 1. The predicted molar refractivity (Wildman–Crippen MR) is 25.2 cm³/mol. The smallest absolute Gasteiger partial charge is 0.281 e. The molecule has 10 heavy (non-hydrogen) atoms. The summed E-state index contributed by atoms with van der Waals surface area (Å²) >= 11 is 0. The van der Waals surface area contributed by atoms with Crippen molar-refractivity contribution in [3.05, 3.63) is 35.7 Å². The van der Waals surface area contributed by atoms with E-state index in [1.807, 2.05) is 0 Å². The zero-order chi connectivity index (χ0) is 6.85. The first-order valence-corrected chi connectivity index (χ1v) is 2.22. The third-order valence-corrected chi connectivity index (χ3v) is 0.839. The van der Waals surface area contributed by atoms with Crippen molar-refractivity contribution < 1.29 is 30.2 Å². The first-order valence-electron chi connectivity index (χ1n) is 2.22. The van der Waals surface area contributed by atoms with Gasteiger partial charge in [0.1, 0.15) is 0 Å². The van der Waals surface area contributed by atoms with Crippen LogP contribution in [0.1, 0.15) is 0 Å². The fourth-order valence-corrected chi connectivity index (χ4v) is 0.429. The monoisotopic (exact) mass is 187 g/mol. The van der Waals surface area contributed by atoms with Gasteiger partial charge in [0, 0.05) is 11.6 Å². The molecule has 0 aromatic heterocycles. The van der Waals surface area contributed by atoms with E-state index in [0.717, 1.165) is 12.1 Å². The van der Waals surface area contributed by atoms with Crippen molar-refractivity contribution in [2.75, 3.05) is 0 Å². The Morgan fingerprint density at radius 1 is 1.00 bits per heavy atom. The Morgan fingerprint density at radius 3 is 1.70 bits per heavy atom. The van der Waals surface area contributed by atoms with Crippen LogP contribution >= 0.6 is 0 Å². The molecule has 0 saturated carbocycles. The third-order valence-electron chi connectivity index (χ3n) is 0.839. The molecule has 0 nitrogen and oxygen atoms in total. The zero-order valence-electron chi connectivity index (χ0n) is 4.64. The van der Waals surface area contributed by atoms with Gasteiger partial charge in [-0.15, -0.1) is 12.1 Å². The van der Waals surface area contributed by atoms with Crippen LogP contribution < -0.4 is 0 Å². The van der Waals surface area contributed by atoms with Gasteiger partial charge in [0.25, 0.3) is 0 Å². The Balaban J connectivity index is 0.000000810. The maximum absolute atomic E-state index is 12.0. The summed E-state index contributed by atoms with van der Waals surface area (Å²) in [5.74, 6) is -3.88. The maximum atomic E-state index is 12.0. The molecule has 0 spiro atoms. The zero-order valence-corrected chi connectivity index (χ0v) is 5.75. The molecule has 1 aromatic carbocycles. The first kappa shape index (κ1) is 9.53. The Hall–Kier alpha value is -0.471. The van der Waals surface area contributed by atoms with Crippen LogP contribution in [0.3, 0.4) is 0 Å². The van der Waals surface area contributed by atoms with Gasteiger partial charge in [-0.25, -0.2) is 4.39 Å². The van der Waals surface area contributed by atoms with Crippen molar-refractivity contribution in [1.29, 1.82) is 0 Å². The molecule has 0 aliphatic carbocycles. The van der Waals surface area contributed by atoms with Crippen LogP contribution in [-0.4, -0.2) is 0 Å². The average molecular weight is 187 g/mol. The second-order valence-corrected chi connectivity index (χ2v) is 1.47. The molecule has 0 heterocycles. The van der Waals surface area contributed by atoms with Crippen molar-refractivity contribution in [2.24, 2.45) is 0 Å². The van der Waals surface area contributed by atoms with E-state index in [2.05, 4.69) is 6.07 Å². The minimum absolute atomic E-state index is 0. The van der Waals surface area contributed by atoms with Gasteiger partial charge in [-0.05, 0) is 0 Å². The average Bonchev–Trinajstić information content (AvgIpc) is 1.83. The van der Waals surface area contributed by atoms with Crippen LogP contribution in [0.25, 0.3) is 0 Å². The van der Waals surface area contributed by atoms with Crippen LogP contribution in [0.5, 0.6) is 0 Å².